The smallest absolute Gasteiger partial charge is 0.334 e. The summed E-state index contributed by atoms with van der Waals surface area (Å²) in [6, 6.07) is 0. The average Bonchev–Trinajstić information content (AvgIpc) is 2.78. The quantitative estimate of drug-likeness (QED) is 0.663. The molecule has 7 heteroatoms. The van der Waals surface area contributed by atoms with E-state index in [4.69, 9.17) is 0 Å². The molecule has 1 fully saturated rings. The molecule has 0 aromatic carbocycles. The first-order chi connectivity index (χ1) is 9.95. The summed E-state index contributed by atoms with van der Waals surface area (Å²) in [6.07, 6.45) is 2.11. The Morgan fingerprint density at radius 1 is 1.43 bits per heavy atom. The van der Waals surface area contributed by atoms with Gasteiger partial charge < -0.3 is 10.2 Å². The molecule has 118 valence electrons. The molecule has 1 N–H and O–H groups in total. The zero-order valence-electron chi connectivity index (χ0n) is 13.3. The zero-order valence-corrected chi connectivity index (χ0v) is 13.3. The molecule has 2 heterocycles. The van der Waals surface area contributed by atoms with Crippen molar-refractivity contribution in [2.24, 2.45) is 13.0 Å². The van der Waals surface area contributed by atoms with E-state index in [0.717, 1.165) is 32.5 Å². The minimum absolute atomic E-state index is 0.0483. The third-order valence-electron chi connectivity index (χ3n) is 4.15. The van der Waals surface area contributed by atoms with Crippen LogP contribution in [0.15, 0.2) is 0 Å². The van der Waals surface area contributed by atoms with Gasteiger partial charge in [0, 0.05) is 26.1 Å². The number of nitrogens with one attached hydrogen (secondary N) is 1. The minimum Gasteiger partial charge on any atom is -0.351 e. The van der Waals surface area contributed by atoms with E-state index in [1.54, 1.807) is 11.7 Å². The van der Waals surface area contributed by atoms with Crippen LogP contribution in [0.5, 0.6) is 0 Å². The summed E-state index contributed by atoms with van der Waals surface area (Å²) in [5.74, 6) is 1.36. The number of aryl methyl sites for hydroxylation is 1. The molecular weight excluding hydrogens is 270 g/mol. The Labute approximate surface area is 125 Å². The van der Waals surface area contributed by atoms with Crippen LogP contribution in [-0.4, -0.2) is 41.4 Å². The maximum absolute atomic E-state index is 11.5. The van der Waals surface area contributed by atoms with Gasteiger partial charge in [0.05, 0.1) is 4.92 Å². The minimum atomic E-state index is -0.280. The van der Waals surface area contributed by atoms with Gasteiger partial charge in [-0.3, -0.25) is 10.1 Å². The molecule has 21 heavy (non-hydrogen) atoms. The summed E-state index contributed by atoms with van der Waals surface area (Å²) in [4.78, 5) is 13.3. The van der Waals surface area contributed by atoms with Crippen LogP contribution >= 0.6 is 0 Å². The standard InChI is InChI=1S/C14H25N5O2/c1-10(2)12-13(19(20)21)14(17(4)16-12)18-7-5-11(6-8-18)9-15-3/h10-11,15H,5-9H2,1-4H3. The van der Waals surface area contributed by atoms with Crippen LogP contribution in [0, 0.1) is 16.0 Å². The fourth-order valence-electron chi connectivity index (χ4n) is 3.08. The molecule has 7 nitrogen and oxygen atoms in total. The molecule has 0 atom stereocenters. The van der Waals surface area contributed by atoms with Crippen molar-refractivity contribution in [1.29, 1.82) is 0 Å². The third-order valence-corrected chi connectivity index (χ3v) is 4.15. The number of nitro groups is 1. The van der Waals surface area contributed by atoms with Gasteiger partial charge in [0.25, 0.3) is 0 Å². The maximum atomic E-state index is 11.5. The molecule has 1 aliphatic rings. The Balaban J connectivity index is 2.26. The van der Waals surface area contributed by atoms with E-state index in [-0.39, 0.29) is 16.5 Å². The van der Waals surface area contributed by atoms with Crippen LogP contribution in [0.1, 0.15) is 38.3 Å². The maximum Gasteiger partial charge on any atom is 0.334 e. The molecule has 1 aromatic rings. The number of anilines is 1. The highest BCUT2D eigenvalue weighted by Gasteiger charge is 2.33. The van der Waals surface area contributed by atoms with E-state index < -0.39 is 0 Å². The highest BCUT2D eigenvalue weighted by atomic mass is 16.6. The molecule has 1 aliphatic heterocycles. The Morgan fingerprint density at radius 2 is 2.05 bits per heavy atom. The summed E-state index contributed by atoms with van der Waals surface area (Å²) >= 11 is 0. The predicted molar refractivity (Wildman–Crippen MR) is 82.8 cm³/mol. The number of hydrogen-bond acceptors (Lipinski definition) is 5. The highest BCUT2D eigenvalue weighted by molar-refractivity contribution is 5.62. The van der Waals surface area contributed by atoms with Gasteiger partial charge in [-0.25, -0.2) is 4.68 Å². The number of hydrogen-bond donors (Lipinski definition) is 1. The molecular formula is C14H25N5O2. The molecule has 1 saturated heterocycles. The lowest BCUT2D eigenvalue weighted by Crippen LogP contribution is -2.37. The number of aromatic nitrogens is 2. The van der Waals surface area contributed by atoms with E-state index in [1.165, 1.54) is 0 Å². The van der Waals surface area contributed by atoms with Crippen LogP contribution in [-0.2, 0) is 7.05 Å². The molecule has 2 rings (SSSR count). The van der Waals surface area contributed by atoms with Gasteiger partial charge in [-0.05, 0) is 32.4 Å². The lowest BCUT2D eigenvalue weighted by Gasteiger charge is -2.32. The van der Waals surface area contributed by atoms with Crippen molar-refractivity contribution in [2.45, 2.75) is 32.6 Å². The predicted octanol–water partition coefficient (Wildman–Crippen LogP) is 1.89. The van der Waals surface area contributed by atoms with Gasteiger partial charge >= 0.3 is 5.69 Å². The number of nitrogens with zero attached hydrogens (tertiary/aromatic N) is 4. The Morgan fingerprint density at radius 3 is 2.52 bits per heavy atom. The van der Waals surface area contributed by atoms with E-state index in [1.807, 2.05) is 20.9 Å². The van der Waals surface area contributed by atoms with Crippen molar-refractivity contribution >= 4 is 11.5 Å². The molecule has 0 amide bonds. The molecule has 0 bridgehead atoms. The van der Waals surface area contributed by atoms with E-state index in [9.17, 15) is 10.1 Å². The van der Waals surface area contributed by atoms with E-state index in [2.05, 4.69) is 15.3 Å². The van der Waals surface area contributed by atoms with Crippen molar-refractivity contribution < 1.29 is 4.92 Å². The SMILES string of the molecule is CNCC1CCN(c2c([N+](=O)[O-])c(C(C)C)nn2C)CC1. The third kappa shape index (κ3) is 3.18. The van der Waals surface area contributed by atoms with Crippen molar-refractivity contribution in [3.05, 3.63) is 15.8 Å². The second-order valence-electron chi connectivity index (χ2n) is 6.08. The van der Waals surface area contributed by atoms with Gasteiger partial charge in [0.15, 0.2) is 0 Å². The van der Waals surface area contributed by atoms with Gasteiger partial charge in [-0.2, -0.15) is 5.10 Å². The van der Waals surface area contributed by atoms with Crippen molar-refractivity contribution in [1.82, 2.24) is 15.1 Å². The lowest BCUT2D eigenvalue weighted by atomic mass is 9.96. The largest absolute Gasteiger partial charge is 0.351 e. The second kappa shape index (κ2) is 6.43. The van der Waals surface area contributed by atoms with Crippen LogP contribution < -0.4 is 10.2 Å². The van der Waals surface area contributed by atoms with Crippen molar-refractivity contribution in [3.8, 4) is 0 Å². The van der Waals surface area contributed by atoms with Gasteiger partial charge in [-0.15, -0.1) is 0 Å². The molecule has 0 saturated carbocycles. The summed E-state index contributed by atoms with van der Waals surface area (Å²) in [5.41, 5.74) is 0.759. The highest BCUT2D eigenvalue weighted by Crippen LogP contribution is 2.36. The Kier molecular flexibility index (Phi) is 4.82. The topological polar surface area (TPSA) is 76.2 Å². The molecule has 1 aromatic heterocycles. The average molecular weight is 295 g/mol. The fraction of sp³-hybridized carbons (Fsp3) is 0.786. The first-order valence-corrected chi connectivity index (χ1v) is 7.56. The number of rotatable bonds is 5. The van der Waals surface area contributed by atoms with Gasteiger partial charge in [0.1, 0.15) is 5.69 Å². The Bertz CT molecular complexity index is 504. The molecule has 0 spiro atoms. The van der Waals surface area contributed by atoms with Gasteiger partial charge in [-0.1, -0.05) is 13.8 Å². The second-order valence-corrected chi connectivity index (χ2v) is 6.08. The molecule has 0 radical (unpaired) electrons. The summed E-state index contributed by atoms with van der Waals surface area (Å²) in [5, 5.41) is 19.1. The van der Waals surface area contributed by atoms with Gasteiger partial charge in [0.2, 0.25) is 5.82 Å². The number of piperidine rings is 1. The normalized spacial score (nSPS) is 16.7. The van der Waals surface area contributed by atoms with Crippen molar-refractivity contribution in [2.75, 3.05) is 31.6 Å². The first-order valence-electron chi connectivity index (χ1n) is 7.56. The van der Waals surface area contributed by atoms with Crippen molar-refractivity contribution in [3.63, 3.8) is 0 Å². The van der Waals surface area contributed by atoms with E-state index >= 15 is 0 Å². The summed E-state index contributed by atoms with van der Waals surface area (Å²) in [7, 11) is 3.77. The molecule has 0 aliphatic carbocycles. The van der Waals surface area contributed by atoms with E-state index in [0.29, 0.717) is 17.4 Å². The van der Waals surface area contributed by atoms with Crippen LogP contribution in [0.25, 0.3) is 0 Å². The van der Waals surface area contributed by atoms with Crippen LogP contribution in [0.3, 0.4) is 0 Å². The fourth-order valence-corrected chi connectivity index (χ4v) is 3.08. The van der Waals surface area contributed by atoms with Crippen LogP contribution in [0.2, 0.25) is 0 Å². The monoisotopic (exact) mass is 295 g/mol. The summed E-state index contributed by atoms with van der Waals surface area (Å²) < 4.78 is 1.67. The molecule has 0 unspecified atom stereocenters. The Hall–Kier alpha value is -1.63. The van der Waals surface area contributed by atoms with Crippen LogP contribution in [0.4, 0.5) is 11.5 Å². The lowest BCUT2D eigenvalue weighted by molar-refractivity contribution is -0.385. The first kappa shape index (κ1) is 15.8. The summed E-state index contributed by atoms with van der Waals surface area (Å²) in [6.45, 7) is 6.60. The zero-order chi connectivity index (χ0) is 15.6.